The van der Waals surface area contributed by atoms with E-state index in [1.54, 1.807) is 11.0 Å². The van der Waals surface area contributed by atoms with Gasteiger partial charge >= 0.3 is 6.03 Å². The van der Waals surface area contributed by atoms with Crippen molar-refractivity contribution in [1.29, 1.82) is 0 Å². The van der Waals surface area contributed by atoms with Gasteiger partial charge in [0.1, 0.15) is 5.76 Å². The summed E-state index contributed by atoms with van der Waals surface area (Å²) in [5.41, 5.74) is 7.97. The van der Waals surface area contributed by atoms with E-state index in [-0.39, 0.29) is 12.1 Å². The number of nitrogens with zero attached hydrogens (tertiary/aromatic N) is 1. The van der Waals surface area contributed by atoms with Crippen molar-refractivity contribution < 1.29 is 13.9 Å². The van der Waals surface area contributed by atoms with Crippen LogP contribution in [0.5, 0.6) is 0 Å². The lowest BCUT2D eigenvalue weighted by Gasteiger charge is -2.32. The molecule has 2 aromatic rings. The summed E-state index contributed by atoms with van der Waals surface area (Å²) in [6.07, 6.45) is 1.54. The first-order chi connectivity index (χ1) is 12.0. The monoisotopic (exact) mass is 365 g/mol. The van der Waals surface area contributed by atoms with Gasteiger partial charge in [0, 0.05) is 30.6 Å². The number of nitrogens with two attached hydrogens (primary N) is 1. The Kier molecular flexibility index (Phi) is 5.51. The van der Waals surface area contributed by atoms with Crippen molar-refractivity contribution >= 4 is 34.3 Å². The number of amides is 2. The summed E-state index contributed by atoms with van der Waals surface area (Å²) in [6, 6.07) is 3.48. The standard InChI is InChI=1S/C18H24ClN3O3/c1-3-16-11(2)14-8-12(9-15(19)17(14)25-16)21-18(23)22-6-7-24-13(10-22)4-5-20/h8-9,13H,3-7,10,20H2,1-2H3,(H,21,23)/t13-/m1/s1. The molecule has 3 rings (SSSR count). The van der Waals surface area contributed by atoms with Gasteiger partial charge in [0.05, 0.1) is 17.7 Å². The SMILES string of the molecule is CCc1oc2c(Cl)cc(NC(=O)N3CCO[C@H](CCN)C3)cc2c1C. The van der Waals surface area contributed by atoms with Crippen LogP contribution in [0.25, 0.3) is 11.0 Å². The number of nitrogens with one attached hydrogen (secondary N) is 1. The maximum Gasteiger partial charge on any atom is 0.322 e. The van der Waals surface area contributed by atoms with Crippen molar-refractivity contribution in [2.24, 2.45) is 5.73 Å². The highest BCUT2D eigenvalue weighted by molar-refractivity contribution is 6.35. The molecule has 2 amide bonds. The zero-order valence-electron chi connectivity index (χ0n) is 14.6. The number of fused-ring (bicyclic) bond motifs is 1. The van der Waals surface area contributed by atoms with Gasteiger partial charge in [-0.1, -0.05) is 18.5 Å². The van der Waals surface area contributed by atoms with Crippen LogP contribution < -0.4 is 11.1 Å². The molecular weight excluding hydrogens is 342 g/mol. The summed E-state index contributed by atoms with van der Waals surface area (Å²) in [4.78, 5) is 14.3. The van der Waals surface area contributed by atoms with Crippen LogP contribution in [0.2, 0.25) is 5.02 Å². The van der Waals surface area contributed by atoms with Crippen LogP contribution in [-0.2, 0) is 11.2 Å². The van der Waals surface area contributed by atoms with Gasteiger partial charge in [-0.3, -0.25) is 0 Å². The molecule has 25 heavy (non-hydrogen) atoms. The molecule has 1 aromatic heterocycles. The lowest BCUT2D eigenvalue weighted by Crippen LogP contribution is -2.47. The molecule has 0 aliphatic carbocycles. The zero-order valence-corrected chi connectivity index (χ0v) is 15.4. The van der Waals surface area contributed by atoms with Crippen LogP contribution in [0.1, 0.15) is 24.7 Å². The quantitative estimate of drug-likeness (QED) is 0.868. The number of morpholine rings is 1. The van der Waals surface area contributed by atoms with Gasteiger partial charge in [0.15, 0.2) is 5.58 Å². The zero-order chi connectivity index (χ0) is 18.0. The van der Waals surface area contributed by atoms with Crippen molar-refractivity contribution in [3.05, 3.63) is 28.5 Å². The van der Waals surface area contributed by atoms with E-state index < -0.39 is 0 Å². The predicted molar refractivity (Wildman–Crippen MR) is 99.3 cm³/mol. The molecule has 0 saturated carbocycles. The Balaban J connectivity index is 1.78. The highest BCUT2D eigenvalue weighted by Gasteiger charge is 2.24. The third-order valence-electron chi connectivity index (χ3n) is 4.58. The number of carbonyl (C=O) groups is 1. The number of furan rings is 1. The molecule has 0 spiro atoms. The molecule has 1 saturated heterocycles. The molecule has 1 aliphatic heterocycles. The van der Waals surface area contributed by atoms with Gasteiger partial charge in [0.2, 0.25) is 0 Å². The summed E-state index contributed by atoms with van der Waals surface area (Å²) in [6.45, 7) is 6.23. The maximum atomic E-state index is 12.6. The van der Waals surface area contributed by atoms with Crippen molar-refractivity contribution in [3.63, 3.8) is 0 Å². The topological polar surface area (TPSA) is 80.7 Å². The van der Waals surface area contributed by atoms with Crippen molar-refractivity contribution in [3.8, 4) is 0 Å². The highest BCUT2D eigenvalue weighted by atomic mass is 35.5. The van der Waals surface area contributed by atoms with Crippen LogP contribution in [-0.4, -0.2) is 43.3 Å². The fourth-order valence-electron chi connectivity index (χ4n) is 3.20. The first-order valence-corrected chi connectivity index (χ1v) is 9.00. The minimum absolute atomic E-state index is 0.00111. The molecule has 3 N–H and O–H groups in total. The maximum absolute atomic E-state index is 12.6. The normalized spacial score (nSPS) is 17.9. The number of halogens is 1. The van der Waals surface area contributed by atoms with E-state index >= 15 is 0 Å². The Hall–Kier alpha value is -1.76. The van der Waals surface area contributed by atoms with E-state index in [4.69, 9.17) is 26.5 Å². The summed E-state index contributed by atoms with van der Waals surface area (Å²) in [7, 11) is 0. The molecule has 7 heteroatoms. The van der Waals surface area contributed by atoms with Crippen LogP contribution in [0.4, 0.5) is 10.5 Å². The van der Waals surface area contributed by atoms with Gasteiger partial charge in [-0.15, -0.1) is 0 Å². The molecule has 0 bridgehead atoms. The number of carbonyl (C=O) groups excluding carboxylic acids is 1. The van der Waals surface area contributed by atoms with E-state index in [0.717, 1.165) is 29.6 Å². The summed E-state index contributed by atoms with van der Waals surface area (Å²) in [5.74, 6) is 0.915. The number of ether oxygens (including phenoxy) is 1. The number of rotatable bonds is 4. The fourth-order valence-corrected chi connectivity index (χ4v) is 3.46. The number of aryl methyl sites for hydroxylation is 2. The number of benzene rings is 1. The van der Waals surface area contributed by atoms with Gasteiger partial charge in [-0.05, 0) is 37.6 Å². The first-order valence-electron chi connectivity index (χ1n) is 8.62. The van der Waals surface area contributed by atoms with Crippen LogP contribution in [0.15, 0.2) is 16.5 Å². The molecule has 1 aliphatic rings. The molecular formula is C18H24ClN3O3. The largest absolute Gasteiger partial charge is 0.459 e. The first kappa shape index (κ1) is 18.0. The lowest BCUT2D eigenvalue weighted by atomic mass is 10.1. The van der Waals surface area contributed by atoms with E-state index in [1.165, 1.54) is 0 Å². The van der Waals surface area contributed by atoms with Gasteiger partial charge in [-0.25, -0.2) is 4.79 Å². The Morgan fingerprint density at radius 3 is 3.00 bits per heavy atom. The van der Waals surface area contributed by atoms with E-state index in [1.807, 2.05) is 19.9 Å². The highest BCUT2D eigenvalue weighted by Crippen LogP contribution is 2.34. The Morgan fingerprint density at radius 2 is 2.28 bits per heavy atom. The predicted octanol–water partition coefficient (Wildman–Crippen LogP) is 3.54. The lowest BCUT2D eigenvalue weighted by molar-refractivity contribution is -0.0146. The second kappa shape index (κ2) is 7.64. The molecule has 1 atom stereocenters. The van der Waals surface area contributed by atoms with Gasteiger partial charge in [0.25, 0.3) is 0 Å². The third-order valence-corrected chi connectivity index (χ3v) is 4.86. The van der Waals surface area contributed by atoms with Crippen LogP contribution in [0, 0.1) is 6.92 Å². The minimum atomic E-state index is -0.155. The average Bonchev–Trinajstić information content (AvgIpc) is 2.92. The van der Waals surface area contributed by atoms with E-state index in [9.17, 15) is 4.79 Å². The molecule has 2 heterocycles. The summed E-state index contributed by atoms with van der Waals surface area (Å²) >= 11 is 6.35. The van der Waals surface area contributed by atoms with E-state index in [2.05, 4.69) is 5.32 Å². The summed E-state index contributed by atoms with van der Waals surface area (Å²) in [5, 5.41) is 4.37. The second-order valence-corrected chi connectivity index (χ2v) is 6.69. The minimum Gasteiger partial charge on any atom is -0.459 e. The molecule has 0 unspecified atom stereocenters. The molecule has 1 aromatic carbocycles. The van der Waals surface area contributed by atoms with Crippen molar-refractivity contribution in [1.82, 2.24) is 4.90 Å². The fraction of sp³-hybridized carbons (Fsp3) is 0.500. The molecule has 0 radical (unpaired) electrons. The van der Waals surface area contributed by atoms with Crippen molar-refractivity contribution in [2.45, 2.75) is 32.8 Å². The molecule has 6 nitrogen and oxygen atoms in total. The van der Waals surface area contributed by atoms with E-state index in [0.29, 0.717) is 42.5 Å². The Morgan fingerprint density at radius 1 is 1.48 bits per heavy atom. The van der Waals surface area contributed by atoms with Crippen LogP contribution in [0.3, 0.4) is 0 Å². The number of hydrogen-bond donors (Lipinski definition) is 2. The second-order valence-electron chi connectivity index (χ2n) is 6.28. The number of hydrogen-bond acceptors (Lipinski definition) is 4. The molecule has 136 valence electrons. The Labute approximate surface area is 152 Å². The van der Waals surface area contributed by atoms with Crippen LogP contribution >= 0.6 is 11.6 Å². The molecule has 1 fully saturated rings. The Bertz CT molecular complexity index is 773. The number of urea groups is 1. The smallest absolute Gasteiger partial charge is 0.322 e. The van der Waals surface area contributed by atoms with Crippen molar-refractivity contribution in [2.75, 3.05) is 31.6 Å². The summed E-state index contributed by atoms with van der Waals surface area (Å²) < 4.78 is 11.4. The average molecular weight is 366 g/mol. The van der Waals surface area contributed by atoms with Gasteiger partial charge < -0.3 is 25.1 Å². The van der Waals surface area contributed by atoms with Gasteiger partial charge in [-0.2, -0.15) is 0 Å². The number of anilines is 1. The third kappa shape index (κ3) is 3.76.